The number of carbonyl (C=O) groups is 1. The average Bonchev–Trinajstić information content (AvgIpc) is 2.70. The maximum Gasteiger partial charge on any atom is 0.258 e. The largest absolute Gasteiger partial charge is 0.378 e. The number of benzene rings is 3. The Balaban J connectivity index is 1.74. The Hall–Kier alpha value is -3.07. The highest BCUT2D eigenvalue weighted by atomic mass is 16.2. The number of aryl methyl sites for hydroxylation is 3. The number of hydrogen-bond donors (Lipinski definition) is 1. The summed E-state index contributed by atoms with van der Waals surface area (Å²) in [5.41, 5.74) is 7.51. The fraction of sp³-hybridized carbons (Fsp3) is 0.269. The molecule has 4 rings (SSSR count). The van der Waals surface area contributed by atoms with E-state index in [0.29, 0.717) is 0 Å². The Morgan fingerprint density at radius 1 is 0.897 bits per heavy atom. The molecule has 0 saturated carbocycles. The van der Waals surface area contributed by atoms with E-state index in [1.54, 1.807) is 0 Å². The summed E-state index contributed by atoms with van der Waals surface area (Å²) in [6, 6.07) is 23.0. The third-order valence-electron chi connectivity index (χ3n) is 5.89. The van der Waals surface area contributed by atoms with Crippen LogP contribution in [0.3, 0.4) is 0 Å². The van der Waals surface area contributed by atoms with Crippen LogP contribution in [0.15, 0.2) is 66.7 Å². The van der Waals surface area contributed by atoms with Crippen molar-refractivity contribution in [2.75, 3.05) is 10.2 Å². The first-order valence-corrected chi connectivity index (χ1v) is 10.3. The second-order valence-corrected chi connectivity index (χ2v) is 8.15. The van der Waals surface area contributed by atoms with Crippen LogP contribution < -0.4 is 10.2 Å². The number of hydrogen-bond acceptors (Lipinski definition) is 2. The lowest BCUT2D eigenvalue weighted by atomic mass is 9.88. The van der Waals surface area contributed by atoms with Crippen LogP contribution in [0.5, 0.6) is 0 Å². The number of nitrogens with zero attached hydrogens (tertiary/aromatic N) is 1. The maximum atomic E-state index is 13.6. The Morgan fingerprint density at radius 3 is 2.31 bits per heavy atom. The molecule has 3 aromatic carbocycles. The quantitative estimate of drug-likeness (QED) is 0.583. The fourth-order valence-electron chi connectivity index (χ4n) is 4.32. The third-order valence-corrected chi connectivity index (χ3v) is 5.89. The van der Waals surface area contributed by atoms with Gasteiger partial charge in [-0.3, -0.25) is 4.79 Å². The Bertz CT molecular complexity index is 1040. The van der Waals surface area contributed by atoms with Crippen LogP contribution in [0, 0.1) is 20.8 Å². The lowest BCUT2D eigenvalue weighted by molar-refractivity contribution is 0.0973. The molecule has 0 unspecified atom stereocenters. The van der Waals surface area contributed by atoms with Gasteiger partial charge in [0.25, 0.3) is 5.91 Å². The van der Waals surface area contributed by atoms with Crippen molar-refractivity contribution in [1.29, 1.82) is 0 Å². The first-order chi connectivity index (χ1) is 14.0. The molecule has 0 aliphatic carbocycles. The molecule has 1 N–H and O–H groups in total. The number of para-hydroxylation sites is 1. The van der Waals surface area contributed by atoms with Crippen molar-refractivity contribution in [3.05, 3.63) is 94.5 Å². The molecule has 1 aliphatic heterocycles. The zero-order chi connectivity index (χ0) is 20.5. The van der Waals surface area contributed by atoms with Crippen molar-refractivity contribution in [2.24, 2.45) is 0 Å². The third kappa shape index (κ3) is 3.65. The highest BCUT2D eigenvalue weighted by Gasteiger charge is 2.35. The van der Waals surface area contributed by atoms with E-state index >= 15 is 0 Å². The molecule has 3 aromatic rings. The van der Waals surface area contributed by atoms with Crippen molar-refractivity contribution in [2.45, 2.75) is 46.2 Å². The summed E-state index contributed by atoms with van der Waals surface area (Å²) in [4.78, 5) is 15.6. The van der Waals surface area contributed by atoms with E-state index in [-0.39, 0.29) is 18.0 Å². The summed E-state index contributed by atoms with van der Waals surface area (Å²) in [5, 5.41) is 3.69. The van der Waals surface area contributed by atoms with Gasteiger partial charge in [-0.25, -0.2) is 0 Å². The highest BCUT2D eigenvalue weighted by Crippen LogP contribution is 2.41. The minimum atomic E-state index is 0.0833. The summed E-state index contributed by atoms with van der Waals surface area (Å²) in [6.45, 7) is 8.34. The first kappa shape index (κ1) is 19.3. The van der Waals surface area contributed by atoms with E-state index < -0.39 is 0 Å². The molecule has 2 atom stereocenters. The van der Waals surface area contributed by atoms with E-state index in [4.69, 9.17) is 0 Å². The van der Waals surface area contributed by atoms with Crippen LogP contribution in [0.1, 0.15) is 52.0 Å². The lowest BCUT2D eigenvalue weighted by Gasteiger charge is -2.41. The van der Waals surface area contributed by atoms with E-state index in [9.17, 15) is 4.79 Å². The Labute approximate surface area is 173 Å². The molecule has 0 saturated heterocycles. The standard InChI is InChI=1S/C26H28N2O/c1-17-12-14-21(15-13-17)27-24-16-20(4)28(25-19(3)9-7-11-23(24)25)26(29)22-10-6-5-8-18(22)2/h5-15,20,24,27H,16H2,1-4H3/t20-,24-/m0/s1. The van der Waals surface area contributed by atoms with Gasteiger partial charge >= 0.3 is 0 Å². The molecule has 29 heavy (non-hydrogen) atoms. The topological polar surface area (TPSA) is 32.3 Å². The van der Waals surface area contributed by atoms with Gasteiger partial charge < -0.3 is 10.2 Å². The summed E-state index contributed by atoms with van der Waals surface area (Å²) in [5.74, 6) is 0.0833. The highest BCUT2D eigenvalue weighted by molar-refractivity contribution is 6.08. The smallest absolute Gasteiger partial charge is 0.258 e. The second kappa shape index (κ2) is 7.75. The predicted molar refractivity (Wildman–Crippen MR) is 121 cm³/mol. The molecule has 0 spiro atoms. The van der Waals surface area contributed by atoms with Crippen molar-refractivity contribution in [3.63, 3.8) is 0 Å². The minimum absolute atomic E-state index is 0.0833. The van der Waals surface area contributed by atoms with Gasteiger partial charge in [-0.15, -0.1) is 0 Å². The molecule has 3 heteroatoms. The van der Waals surface area contributed by atoms with E-state index in [1.165, 1.54) is 11.1 Å². The van der Waals surface area contributed by atoms with Crippen LogP contribution in [0.4, 0.5) is 11.4 Å². The lowest BCUT2D eigenvalue weighted by Crippen LogP contribution is -2.45. The fourth-order valence-corrected chi connectivity index (χ4v) is 4.32. The van der Waals surface area contributed by atoms with Crippen LogP contribution in [0.25, 0.3) is 0 Å². The molecular weight excluding hydrogens is 356 g/mol. The van der Waals surface area contributed by atoms with Crippen LogP contribution in [0.2, 0.25) is 0 Å². The van der Waals surface area contributed by atoms with Gasteiger partial charge in [0, 0.05) is 17.3 Å². The molecule has 0 radical (unpaired) electrons. The SMILES string of the molecule is Cc1ccc(N[C@H]2C[C@H](C)N(C(=O)c3ccccc3C)c3c(C)cccc32)cc1. The predicted octanol–water partition coefficient (Wildman–Crippen LogP) is 6.20. The number of nitrogens with one attached hydrogen (secondary N) is 1. The number of rotatable bonds is 3. The Kier molecular flexibility index (Phi) is 5.14. The molecule has 0 bridgehead atoms. The normalized spacial score (nSPS) is 18.3. The van der Waals surface area contributed by atoms with Gasteiger partial charge in [0.15, 0.2) is 0 Å². The molecular formula is C26H28N2O. The average molecular weight is 385 g/mol. The minimum Gasteiger partial charge on any atom is -0.378 e. The summed E-state index contributed by atoms with van der Waals surface area (Å²) in [7, 11) is 0. The molecule has 148 valence electrons. The number of amides is 1. The van der Waals surface area contributed by atoms with E-state index in [2.05, 4.69) is 68.6 Å². The van der Waals surface area contributed by atoms with Crippen molar-refractivity contribution in [1.82, 2.24) is 0 Å². The maximum absolute atomic E-state index is 13.6. The van der Waals surface area contributed by atoms with Gasteiger partial charge in [-0.1, -0.05) is 54.1 Å². The molecule has 1 aliphatic rings. The van der Waals surface area contributed by atoms with Crippen LogP contribution in [-0.4, -0.2) is 11.9 Å². The number of anilines is 2. The zero-order valence-electron chi connectivity index (χ0n) is 17.6. The first-order valence-electron chi connectivity index (χ1n) is 10.3. The molecule has 3 nitrogen and oxygen atoms in total. The summed E-state index contributed by atoms with van der Waals surface area (Å²) < 4.78 is 0. The van der Waals surface area contributed by atoms with Crippen LogP contribution >= 0.6 is 0 Å². The molecule has 0 fully saturated rings. The molecule has 1 amide bonds. The summed E-state index contributed by atoms with van der Waals surface area (Å²) >= 11 is 0. The monoisotopic (exact) mass is 384 g/mol. The van der Waals surface area contributed by atoms with Gasteiger partial charge in [-0.05, 0) is 69.0 Å². The van der Waals surface area contributed by atoms with Gasteiger partial charge in [0.05, 0.1) is 11.7 Å². The second-order valence-electron chi connectivity index (χ2n) is 8.15. The number of fused-ring (bicyclic) bond motifs is 1. The van der Waals surface area contributed by atoms with Crippen molar-refractivity contribution < 1.29 is 4.79 Å². The zero-order valence-corrected chi connectivity index (χ0v) is 17.6. The van der Waals surface area contributed by atoms with Gasteiger partial charge in [-0.2, -0.15) is 0 Å². The van der Waals surface area contributed by atoms with E-state index in [0.717, 1.165) is 34.5 Å². The molecule has 1 heterocycles. The molecule has 0 aromatic heterocycles. The summed E-state index contributed by atoms with van der Waals surface area (Å²) in [6.07, 6.45) is 0.863. The number of carbonyl (C=O) groups excluding carboxylic acids is 1. The van der Waals surface area contributed by atoms with Gasteiger partial charge in [0.1, 0.15) is 0 Å². The van der Waals surface area contributed by atoms with Gasteiger partial charge in [0.2, 0.25) is 0 Å². The van der Waals surface area contributed by atoms with E-state index in [1.807, 2.05) is 36.1 Å². The van der Waals surface area contributed by atoms with Crippen LogP contribution in [-0.2, 0) is 0 Å². The Morgan fingerprint density at radius 2 is 1.59 bits per heavy atom. The van der Waals surface area contributed by atoms with Crippen molar-refractivity contribution in [3.8, 4) is 0 Å². The van der Waals surface area contributed by atoms with Crippen molar-refractivity contribution >= 4 is 17.3 Å².